The molecule has 0 saturated carbocycles. The zero-order chi connectivity index (χ0) is 9.23. The average molecular weight is 166 g/mol. The third kappa shape index (κ3) is 6.21. The summed E-state index contributed by atoms with van der Waals surface area (Å²) in [6, 6.07) is 0. The van der Waals surface area contributed by atoms with Gasteiger partial charge in [-0.1, -0.05) is 31.6 Å². The van der Waals surface area contributed by atoms with Gasteiger partial charge in [0.15, 0.2) is 0 Å². The van der Waals surface area contributed by atoms with E-state index in [1.54, 1.807) is 5.57 Å². The highest BCUT2D eigenvalue weighted by molar-refractivity contribution is 5.00. The average Bonchev–Trinajstić information content (AvgIpc) is 2.10. The summed E-state index contributed by atoms with van der Waals surface area (Å²) < 4.78 is 0. The van der Waals surface area contributed by atoms with Crippen LogP contribution in [-0.2, 0) is 0 Å². The largest absolute Gasteiger partial charge is 0.103 e. The molecular formula is C12H22. The van der Waals surface area contributed by atoms with E-state index in [1.165, 1.54) is 38.5 Å². The predicted molar refractivity (Wildman–Crippen MR) is 57.3 cm³/mol. The Balaban J connectivity index is 3.44. The summed E-state index contributed by atoms with van der Waals surface area (Å²) in [5.74, 6) is 0. The van der Waals surface area contributed by atoms with Gasteiger partial charge >= 0.3 is 0 Å². The van der Waals surface area contributed by atoms with Crippen LogP contribution in [0.15, 0.2) is 24.3 Å². The highest BCUT2D eigenvalue weighted by Crippen LogP contribution is 2.12. The predicted octanol–water partition coefficient (Wildman–Crippen LogP) is 4.48. The van der Waals surface area contributed by atoms with E-state index in [1.807, 2.05) is 6.08 Å². The van der Waals surface area contributed by atoms with E-state index < -0.39 is 0 Å². The Kier molecular flexibility index (Phi) is 8.20. The maximum atomic E-state index is 3.72. The molecule has 0 amide bonds. The van der Waals surface area contributed by atoms with Crippen LogP contribution < -0.4 is 0 Å². The van der Waals surface area contributed by atoms with Gasteiger partial charge in [-0.05, 0) is 38.5 Å². The van der Waals surface area contributed by atoms with Crippen LogP contribution in [0.3, 0.4) is 0 Å². The molecule has 0 spiro atoms. The van der Waals surface area contributed by atoms with Crippen LogP contribution in [0, 0.1) is 0 Å². The fraction of sp³-hybridized carbons (Fsp3) is 0.667. The molecule has 0 heteroatoms. The molecule has 0 fully saturated rings. The first kappa shape index (κ1) is 11.5. The Morgan fingerprint density at radius 2 is 2.00 bits per heavy atom. The number of rotatable bonds is 7. The molecule has 0 aromatic carbocycles. The zero-order valence-electron chi connectivity index (χ0n) is 8.60. The summed E-state index contributed by atoms with van der Waals surface area (Å²) in [7, 11) is 0. The van der Waals surface area contributed by atoms with Crippen molar-refractivity contribution in [2.75, 3.05) is 0 Å². The van der Waals surface area contributed by atoms with Gasteiger partial charge in [0.1, 0.15) is 0 Å². The van der Waals surface area contributed by atoms with Crippen molar-refractivity contribution in [1.82, 2.24) is 0 Å². The summed E-state index contributed by atoms with van der Waals surface area (Å²) >= 11 is 0. The minimum Gasteiger partial charge on any atom is -0.103 e. The van der Waals surface area contributed by atoms with Gasteiger partial charge in [-0.25, -0.2) is 0 Å². The second-order valence-corrected chi connectivity index (χ2v) is 3.16. The summed E-state index contributed by atoms with van der Waals surface area (Å²) in [6.07, 6.45) is 11.9. The Bertz CT molecular complexity index is 131. The summed E-state index contributed by atoms with van der Waals surface area (Å²) in [4.78, 5) is 0. The quantitative estimate of drug-likeness (QED) is 0.386. The first-order chi connectivity index (χ1) is 5.85. The highest BCUT2D eigenvalue weighted by Gasteiger charge is 1.92. The van der Waals surface area contributed by atoms with E-state index in [2.05, 4.69) is 26.5 Å². The first-order valence-corrected chi connectivity index (χ1v) is 5.13. The standard InChI is InChI=1S/C12H22/c1-4-7-8-9-11-12(6-3)10-5-2/h4,10H,1,5-9,11H2,2-3H3. The summed E-state index contributed by atoms with van der Waals surface area (Å²) in [6.45, 7) is 8.17. The van der Waals surface area contributed by atoms with Gasteiger partial charge in [0, 0.05) is 0 Å². The summed E-state index contributed by atoms with van der Waals surface area (Å²) in [5, 5.41) is 0. The third-order valence-corrected chi connectivity index (χ3v) is 2.10. The van der Waals surface area contributed by atoms with E-state index >= 15 is 0 Å². The molecule has 0 saturated heterocycles. The molecule has 0 heterocycles. The third-order valence-electron chi connectivity index (χ3n) is 2.10. The van der Waals surface area contributed by atoms with Crippen LogP contribution in [-0.4, -0.2) is 0 Å². The van der Waals surface area contributed by atoms with Crippen LogP contribution in [0.25, 0.3) is 0 Å². The molecular weight excluding hydrogens is 144 g/mol. The fourth-order valence-electron chi connectivity index (χ4n) is 1.35. The molecule has 0 aliphatic rings. The van der Waals surface area contributed by atoms with Crippen LogP contribution in [0.1, 0.15) is 52.4 Å². The van der Waals surface area contributed by atoms with Gasteiger partial charge in [-0.15, -0.1) is 6.58 Å². The molecule has 0 aromatic rings. The lowest BCUT2D eigenvalue weighted by atomic mass is 10.0. The Labute approximate surface area is 77.4 Å². The smallest absolute Gasteiger partial charge is 0.0320 e. The van der Waals surface area contributed by atoms with Crippen molar-refractivity contribution in [1.29, 1.82) is 0 Å². The fourth-order valence-corrected chi connectivity index (χ4v) is 1.35. The molecule has 0 radical (unpaired) electrons. The minimum absolute atomic E-state index is 1.17. The van der Waals surface area contributed by atoms with Gasteiger partial charge < -0.3 is 0 Å². The van der Waals surface area contributed by atoms with E-state index in [4.69, 9.17) is 0 Å². The van der Waals surface area contributed by atoms with Crippen LogP contribution >= 0.6 is 0 Å². The van der Waals surface area contributed by atoms with Gasteiger partial charge in [0.05, 0.1) is 0 Å². The number of hydrogen-bond donors (Lipinski definition) is 0. The van der Waals surface area contributed by atoms with E-state index in [0.717, 1.165) is 0 Å². The lowest BCUT2D eigenvalue weighted by molar-refractivity contribution is 0.725. The van der Waals surface area contributed by atoms with E-state index in [0.29, 0.717) is 0 Å². The van der Waals surface area contributed by atoms with Gasteiger partial charge in [0.2, 0.25) is 0 Å². The maximum absolute atomic E-state index is 3.72. The van der Waals surface area contributed by atoms with Crippen LogP contribution in [0.5, 0.6) is 0 Å². The Morgan fingerprint density at radius 1 is 1.25 bits per heavy atom. The van der Waals surface area contributed by atoms with Crippen molar-refractivity contribution < 1.29 is 0 Å². The van der Waals surface area contributed by atoms with Crippen LogP contribution in [0.4, 0.5) is 0 Å². The van der Waals surface area contributed by atoms with Crippen LogP contribution in [0.2, 0.25) is 0 Å². The first-order valence-electron chi connectivity index (χ1n) is 5.13. The number of unbranched alkanes of at least 4 members (excludes halogenated alkanes) is 2. The monoisotopic (exact) mass is 166 g/mol. The SMILES string of the molecule is C=CCCCCC(=CCC)CC. The van der Waals surface area contributed by atoms with E-state index in [9.17, 15) is 0 Å². The van der Waals surface area contributed by atoms with Crippen molar-refractivity contribution in [3.63, 3.8) is 0 Å². The molecule has 70 valence electrons. The molecule has 0 aromatic heterocycles. The molecule has 0 unspecified atom stereocenters. The van der Waals surface area contributed by atoms with Crippen molar-refractivity contribution in [3.05, 3.63) is 24.3 Å². The van der Waals surface area contributed by atoms with Gasteiger partial charge in [0.25, 0.3) is 0 Å². The van der Waals surface area contributed by atoms with Crippen molar-refractivity contribution in [2.45, 2.75) is 52.4 Å². The zero-order valence-corrected chi connectivity index (χ0v) is 8.60. The molecule has 0 N–H and O–H groups in total. The molecule has 0 aliphatic heterocycles. The normalized spacial score (nSPS) is 11.7. The Hall–Kier alpha value is -0.520. The molecule has 0 atom stereocenters. The van der Waals surface area contributed by atoms with Crippen molar-refractivity contribution in [3.8, 4) is 0 Å². The maximum Gasteiger partial charge on any atom is -0.0320 e. The van der Waals surface area contributed by atoms with Crippen molar-refractivity contribution in [2.24, 2.45) is 0 Å². The second-order valence-electron chi connectivity index (χ2n) is 3.16. The Morgan fingerprint density at radius 3 is 2.50 bits per heavy atom. The van der Waals surface area contributed by atoms with Gasteiger partial charge in [-0.3, -0.25) is 0 Å². The minimum atomic E-state index is 1.17. The molecule has 0 bridgehead atoms. The summed E-state index contributed by atoms with van der Waals surface area (Å²) in [5.41, 5.74) is 1.63. The molecule has 0 nitrogen and oxygen atoms in total. The second kappa shape index (κ2) is 8.58. The molecule has 0 rings (SSSR count). The number of hydrogen-bond acceptors (Lipinski definition) is 0. The number of allylic oxidation sites excluding steroid dienone is 3. The van der Waals surface area contributed by atoms with Gasteiger partial charge in [-0.2, -0.15) is 0 Å². The lowest BCUT2D eigenvalue weighted by Gasteiger charge is -2.02. The van der Waals surface area contributed by atoms with Crippen molar-refractivity contribution >= 4 is 0 Å². The highest BCUT2D eigenvalue weighted by atomic mass is 14.0. The molecule has 12 heavy (non-hydrogen) atoms. The topological polar surface area (TPSA) is 0 Å². The molecule has 0 aliphatic carbocycles. The van der Waals surface area contributed by atoms with E-state index in [-0.39, 0.29) is 0 Å². The lowest BCUT2D eigenvalue weighted by Crippen LogP contribution is -1.82.